The number of benzene rings is 2. The molecule has 2 unspecified atom stereocenters. The number of amides is 2. The van der Waals surface area contributed by atoms with Crippen molar-refractivity contribution in [3.05, 3.63) is 65.2 Å². The van der Waals surface area contributed by atoms with Crippen LogP contribution in [0.4, 0.5) is 0 Å². The Morgan fingerprint density at radius 1 is 1.06 bits per heavy atom. The maximum atomic E-state index is 14.1. The summed E-state index contributed by atoms with van der Waals surface area (Å²) in [6.45, 7) is 11.2. The minimum absolute atomic E-state index is 0.0653. The van der Waals surface area contributed by atoms with Gasteiger partial charge in [-0.2, -0.15) is 5.06 Å². The van der Waals surface area contributed by atoms with Crippen LogP contribution in [0.3, 0.4) is 0 Å². The Morgan fingerprint density at radius 3 is 2.38 bits per heavy atom. The smallest absolute Gasteiger partial charge is 0.240 e. The minimum Gasteiger partial charge on any atom is -0.496 e. The lowest BCUT2D eigenvalue weighted by atomic mass is 9.45. The standard InChI is InChI=1S/C42H64N4O6/c1-26-34-22-32(42(34,4)5)23-35(26)44-41(50)38-37(28(3)48)36(25-47)52-46(38)24-31-18-12-16-30(39(31)51-8)17-13-19-33(27(2)45(6)7)40(49)43-21-20-29-14-10-9-11-15-29/h9-12,14-16,18,26-28,32-38,47-48H,13,17,19-25H2,1-8H3,(H,43,49)(H,44,50)/t26-,27?,28-,32-,33?,34+,35-,36-,37-,38-/m0/s1. The van der Waals surface area contributed by atoms with E-state index in [9.17, 15) is 19.8 Å². The second-order valence-corrected chi connectivity index (χ2v) is 16.6. The molecule has 0 aromatic heterocycles. The first kappa shape index (κ1) is 40.2. The molecule has 1 aliphatic heterocycles. The van der Waals surface area contributed by atoms with Gasteiger partial charge in [-0.15, -0.1) is 0 Å². The van der Waals surface area contributed by atoms with Gasteiger partial charge in [0.05, 0.1) is 32.3 Å². The van der Waals surface area contributed by atoms with Crippen molar-refractivity contribution < 1.29 is 29.4 Å². The number of hydrogen-bond acceptors (Lipinski definition) is 8. The third kappa shape index (κ3) is 8.68. The number of carbonyl (C=O) groups is 2. The summed E-state index contributed by atoms with van der Waals surface area (Å²) in [5, 5.41) is 29.3. The normalized spacial score (nSPS) is 28.5. The first-order valence-corrected chi connectivity index (χ1v) is 19.4. The molecule has 2 aromatic rings. The summed E-state index contributed by atoms with van der Waals surface area (Å²) in [7, 11) is 5.68. The maximum absolute atomic E-state index is 14.1. The fourth-order valence-electron chi connectivity index (χ4n) is 9.44. The number of hydrogen-bond donors (Lipinski definition) is 4. The first-order chi connectivity index (χ1) is 24.8. The number of aliphatic hydroxyl groups is 2. The lowest BCUT2D eigenvalue weighted by molar-refractivity contribution is -0.183. The van der Waals surface area contributed by atoms with Gasteiger partial charge >= 0.3 is 0 Å². The van der Waals surface area contributed by atoms with Crippen LogP contribution in [0.15, 0.2) is 48.5 Å². The summed E-state index contributed by atoms with van der Waals surface area (Å²) in [4.78, 5) is 35.9. The van der Waals surface area contributed by atoms with E-state index < -0.39 is 24.2 Å². The zero-order valence-corrected chi connectivity index (χ0v) is 32.7. The Kier molecular flexibility index (Phi) is 13.5. The number of para-hydroxylation sites is 1. The molecular formula is C42H64N4O6. The number of aliphatic hydroxyl groups excluding tert-OH is 2. The Morgan fingerprint density at radius 2 is 1.77 bits per heavy atom. The quantitative estimate of drug-likeness (QED) is 0.187. The molecule has 1 heterocycles. The van der Waals surface area contributed by atoms with Crippen LogP contribution >= 0.6 is 0 Å². The molecule has 52 heavy (non-hydrogen) atoms. The monoisotopic (exact) mass is 720 g/mol. The van der Waals surface area contributed by atoms with Crippen molar-refractivity contribution >= 4 is 11.8 Å². The van der Waals surface area contributed by atoms with Crippen LogP contribution in [0, 0.1) is 35.0 Å². The molecule has 4 N–H and O–H groups in total. The van der Waals surface area contributed by atoms with Crippen molar-refractivity contribution in [3.8, 4) is 5.75 Å². The van der Waals surface area contributed by atoms with Gasteiger partial charge in [0.15, 0.2) is 0 Å². The molecule has 10 nitrogen and oxygen atoms in total. The SMILES string of the molecule is COc1c(CCCC(C(=O)NCCc2ccccc2)C(C)N(C)C)cccc1CN1O[C@@H](CO)[C@H]([C@H](C)O)[C@H]1C(=O)N[C@H]1C[C@@H]2C[C@H]([C@@H]1C)C2(C)C. The highest BCUT2D eigenvalue weighted by molar-refractivity contribution is 5.83. The molecule has 4 fully saturated rings. The largest absolute Gasteiger partial charge is 0.496 e. The molecule has 3 saturated carbocycles. The Bertz CT molecular complexity index is 1480. The molecular weight excluding hydrogens is 656 g/mol. The van der Waals surface area contributed by atoms with Gasteiger partial charge in [0.25, 0.3) is 0 Å². The average Bonchev–Trinajstić information content (AvgIpc) is 3.49. The molecule has 2 amide bonds. The van der Waals surface area contributed by atoms with Crippen LogP contribution in [-0.4, -0.2) is 96.7 Å². The number of aryl methyl sites for hydroxylation is 1. The third-order valence-electron chi connectivity index (χ3n) is 13.0. The van der Waals surface area contributed by atoms with Gasteiger partial charge in [0.2, 0.25) is 11.8 Å². The topological polar surface area (TPSA) is 124 Å². The molecule has 4 aliphatic rings. The van der Waals surface area contributed by atoms with E-state index in [2.05, 4.69) is 55.4 Å². The van der Waals surface area contributed by atoms with Gasteiger partial charge in [0, 0.05) is 30.1 Å². The number of ether oxygens (including phenoxy) is 1. The highest BCUT2D eigenvalue weighted by atomic mass is 16.7. The molecule has 1 saturated heterocycles. The highest BCUT2D eigenvalue weighted by Gasteiger charge is 2.57. The summed E-state index contributed by atoms with van der Waals surface area (Å²) in [6, 6.07) is 15.6. The van der Waals surface area contributed by atoms with E-state index in [1.807, 2.05) is 50.5 Å². The predicted molar refractivity (Wildman–Crippen MR) is 203 cm³/mol. The third-order valence-corrected chi connectivity index (χ3v) is 13.0. The van der Waals surface area contributed by atoms with Gasteiger partial charge < -0.3 is 30.5 Å². The maximum Gasteiger partial charge on any atom is 0.240 e. The van der Waals surface area contributed by atoms with Crippen LogP contribution in [0.5, 0.6) is 5.75 Å². The number of fused-ring (bicyclic) bond motifs is 2. The van der Waals surface area contributed by atoms with Gasteiger partial charge in [-0.3, -0.25) is 14.4 Å². The van der Waals surface area contributed by atoms with E-state index in [0.717, 1.165) is 36.1 Å². The number of rotatable bonds is 17. The number of carbonyl (C=O) groups excluding carboxylic acids is 2. The van der Waals surface area contributed by atoms with Crippen LogP contribution in [0.2, 0.25) is 0 Å². The molecule has 10 atom stereocenters. The molecule has 0 radical (unpaired) electrons. The molecule has 0 spiro atoms. The van der Waals surface area contributed by atoms with Crippen molar-refractivity contribution in [2.24, 2.45) is 35.0 Å². The second-order valence-electron chi connectivity index (χ2n) is 16.6. The minimum atomic E-state index is -0.865. The van der Waals surface area contributed by atoms with E-state index in [-0.39, 0.29) is 43.0 Å². The van der Waals surface area contributed by atoms with Gasteiger partial charge in [-0.1, -0.05) is 69.3 Å². The number of hydroxylamine groups is 2. The Balaban J connectivity index is 1.26. The zero-order chi connectivity index (χ0) is 37.7. The molecule has 6 rings (SSSR count). The van der Waals surface area contributed by atoms with Crippen molar-refractivity contribution in [1.29, 1.82) is 0 Å². The fourth-order valence-corrected chi connectivity index (χ4v) is 9.44. The Hall–Kier alpha value is -3.02. The first-order valence-electron chi connectivity index (χ1n) is 19.4. The summed E-state index contributed by atoms with van der Waals surface area (Å²) < 4.78 is 6.00. The number of nitrogens with zero attached hydrogens (tertiary/aromatic N) is 2. The van der Waals surface area contributed by atoms with Crippen LogP contribution in [0.25, 0.3) is 0 Å². The van der Waals surface area contributed by atoms with E-state index in [1.54, 1.807) is 19.1 Å². The molecule has 2 aromatic carbocycles. The van der Waals surface area contributed by atoms with Crippen molar-refractivity contribution in [3.63, 3.8) is 0 Å². The lowest BCUT2D eigenvalue weighted by Gasteiger charge is -2.62. The van der Waals surface area contributed by atoms with E-state index in [0.29, 0.717) is 42.6 Å². The summed E-state index contributed by atoms with van der Waals surface area (Å²) >= 11 is 0. The molecule has 10 heteroatoms. The summed E-state index contributed by atoms with van der Waals surface area (Å²) in [5.74, 6) is 1.38. The van der Waals surface area contributed by atoms with Crippen LogP contribution < -0.4 is 15.4 Å². The van der Waals surface area contributed by atoms with E-state index >= 15 is 0 Å². The van der Waals surface area contributed by atoms with Gasteiger partial charge in [-0.05, 0) is 101 Å². The summed E-state index contributed by atoms with van der Waals surface area (Å²) in [6.07, 6.45) is 3.60. The highest BCUT2D eigenvalue weighted by Crippen LogP contribution is 2.61. The number of methoxy groups -OCH3 is 1. The van der Waals surface area contributed by atoms with E-state index in [1.165, 1.54) is 12.0 Å². The van der Waals surface area contributed by atoms with Gasteiger partial charge in [0.1, 0.15) is 17.9 Å². The average molecular weight is 721 g/mol. The molecule has 2 bridgehead atoms. The van der Waals surface area contributed by atoms with Crippen LogP contribution in [-0.2, 0) is 33.8 Å². The van der Waals surface area contributed by atoms with Crippen LogP contribution in [0.1, 0.15) is 77.0 Å². The summed E-state index contributed by atoms with van der Waals surface area (Å²) in [5.41, 5.74) is 3.37. The number of nitrogens with one attached hydrogen (secondary N) is 2. The van der Waals surface area contributed by atoms with Gasteiger partial charge in [-0.25, -0.2) is 0 Å². The molecule has 288 valence electrons. The van der Waals surface area contributed by atoms with Crippen molar-refractivity contribution in [2.75, 3.05) is 34.4 Å². The van der Waals surface area contributed by atoms with E-state index in [4.69, 9.17) is 9.57 Å². The zero-order valence-electron chi connectivity index (χ0n) is 32.7. The fraction of sp³-hybridized carbons (Fsp3) is 0.667. The van der Waals surface area contributed by atoms with Crippen molar-refractivity contribution in [2.45, 2.75) is 110 Å². The Labute approximate surface area is 311 Å². The van der Waals surface area contributed by atoms with Crippen molar-refractivity contribution in [1.82, 2.24) is 20.6 Å². The second kappa shape index (κ2) is 17.4. The lowest BCUT2D eigenvalue weighted by Crippen LogP contribution is -2.62. The molecule has 3 aliphatic carbocycles. The predicted octanol–water partition coefficient (Wildman–Crippen LogP) is 4.60.